The molecule has 0 saturated heterocycles. The Bertz CT molecular complexity index is 254. The highest BCUT2D eigenvalue weighted by Crippen LogP contribution is 2.38. The van der Waals surface area contributed by atoms with Crippen molar-refractivity contribution in [3.63, 3.8) is 0 Å². The van der Waals surface area contributed by atoms with Gasteiger partial charge in [0.1, 0.15) is 0 Å². The third kappa shape index (κ3) is 4.73. The molecule has 0 heterocycles. The van der Waals surface area contributed by atoms with Crippen LogP contribution in [0.2, 0.25) is 0 Å². The molecular weight excluding hydrogens is 246 g/mol. The van der Waals surface area contributed by atoms with E-state index in [1.165, 1.54) is 57.9 Å². The Morgan fingerprint density at radius 1 is 1.10 bits per heavy atom. The first-order valence-corrected chi connectivity index (χ1v) is 9.07. The lowest BCUT2D eigenvalue weighted by molar-refractivity contribution is -0.0314. The fraction of sp³-hybridized carbons (Fsp3) is 1.00. The number of rotatable bonds is 8. The zero-order valence-electron chi connectivity index (χ0n) is 13.9. The van der Waals surface area contributed by atoms with Gasteiger partial charge in [0.15, 0.2) is 0 Å². The van der Waals surface area contributed by atoms with Gasteiger partial charge >= 0.3 is 0 Å². The lowest BCUT2D eigenvalue weighted by Gasteiger charge is -2.40. The minimum Gasteiger partial charge on any atom is -0.378 e. The molecule has 0 aromatic heterocycles. The molecule has 2 rings (SSSR count). The van der Waals surface area contributed by atoms with Gasteiger partial charge in [0.25, 0.3) is 0 Å². The van der Waals surface area contributed by atoms with Crippen molar-refractivity contribution in [1.82, 2.24) is 5.32 Å². The van der Waals surface area contributed by atoms with E-state index in [9.17, 15) is 0 Å². The van der Waals surface area contributed by atoms with Crippen molar-refractivity contribution in [2.75, 3.05) is 13.2 Å². The van der Waals surface area contributed by atoms with Gasteiger partial charge in [0.2, 0.25) is 0 Å². The van der Waals surface area contributed by atoms with E-state index >= 15 is 0 Å². The van der Waals surface area contributed by atoms with E-state index in [4.69, 9.17) is 4.74 Å². The standard InChI is InChI=1S/C18H35NO/c1-4-10-19-18(16-8-6-14(3)7-9-16)13-15-11-17(12-15)20-5-2/h14-19H,4-13H2,1-3H3. The van der Waals surface area contributed by atoms with Crippen LogP contribution in [0.3, 0.4) is 0 Å². The summed E-state index contributed by atoms with van der Waals surface area (Å²) in [4.78, 5) is 0. The molecule has 0 aromatic rings. The van der Waals surface area contributed by atoms with Crippen molar-refractivity contribution in [2.45, 2.75) is 84.3 Å². The maximum atomic E-state index is 5.71. The summed E-state index contributed by atoms with van der Waals surface area (Å²) < 4.78 is 5.71. The van der Waals surface area contributed by atoms with Crippen molar-refractivity contribution in [1.29, 1.82) is 0 Å². The molecule has 20 heavy (non-hydrogen) atoms. The first kappa shape index (κ1) is 16.3. The van der Waals surface area contributed by atoms with E-state index in [1.54, 1.807) is 0 Å². The molecule has 118 valence electrons. The molecule has 2 aliphatic rings. The van der Waals surface area contributed by atoms with Gasteiger partial charge in [-0.15, -0.1) is 0 Å². The second-order valence-electron chi connectivity index (χ2n) is 7.23. The third-order valence-electron chi connectivity index (χ3n) is 5.47. The van der Waals surface area contributed by atoms with Crippen LogP contribution >= 0.6 is 0 Å². The van der Waals surface area contributed by atoms with Gasteiger partial charge in [-0.1, -0.05) is 26.7 Å². The van der Waals surface area contributed by atoms with Crippen LogP contribution in [0.1, 0.15) is 72.1 Å². The highest BCUT2D eigenvalue weighted by molar-refractivity contribution is 4.88. The molecule has 0 spiro atoms. The van der Waals surface area contributed by atoms with E-state index in [-0.39, 0.29) is 0 Å². The van der Waals surface area contributed by atoms with E-state index in [0.717, 1.165) is 30.4 Å². The molecule has 2 saturated carbocycles. The molecule has 2 nitrogen and oxygen atoms in total. The number of nitrogens with one attached hydrogen (secondary N) is 1. The van der Waals surface area contributed by atoms with Gasteiger partial charge in [0, 0.05) is 12.6 Å². The average Bonchev–Trinajstić information content (AvgIpc) is 2.41. The Morgan fingerprint density at radius 2 is 1.80 bits per heavy atom. The van der Waals surface area contributed by atoms with Gasteiger partial charge in [0.05, 0.1) is 6.10 Å². The summed E-state index contributed by atoms with van der Waals surface area (Å²) in [7, 11) is 0. The number of hydrogen-bond donors (Lipinski definition) is 1. The Morgan fingerprint density at radius 3 is 2.40 bits per heavy atom. The predicted molar refractivity (Wildman–Crippen MR) is 86.0 cm³/mol. The molecule has 2 fully saturated rings. The molecule has 0 bridgehead atoms. The lowest BCUT2D eigenvalue weighted by Crippen LogP contribution is -2.43. The van der Waals surface area contributed by atoms with Crippen molar-refractivity contribution in [3.05, 3.63) is 0 Å². The summed E-state index contributed by atoms with van der Waals surface area (Å²) in [6.07, 6.45) is 11.6. The zero-order chi connectivity index (χ0) is 14.4. The highest BCUT2D eigenvalue weighted by Gasteiger charge is 2.34. The Kier molecular flexibility index (Phi) is 6.83. The second kappa shape index (κ2) is 8.38. The lowest BCUT2D eigenvalue weighted by atomic mass is 9.72. The Balaban J connectivity index is 1.75. The Hall–Kier alpha value is -0.0800. The van der Waals surface area contributed by atoms with Crippen LogP contribution in [0, 0.1) is 17.8 Å². The molecule has 0 aromatic carbocycles. The van der Waals surface area contributed by atoms with Gasteiger partial charge < -0.3 is 10.1 Å². The topological polar surface area (TPSA) is 21.3 Å². The van der Waals surface area contributed by atoms with Gasteiger partial charge in [-0.05, 0) is 69.7 Å². The molecule has 1 N–H and O–H groups in total. The first-order valence-electron chi connectivity index (χ1n) is 9.07. The highest BCUT2D eigenvalue weighted by atomic mass is 16.5. The molecule has 2 heteroatoms. The number of ether oxygens (including phenoxy) is 1. The van der Waals surface area contributed by atoms with Crippen molar-refractivity contribution < 1.29 is 4.74 Å². The summed E-state index contributed by atoms with van der Waals surface area (Å²) in [5, 5.41) is 3.86. The van der Waals surface area contributed by atoms with Crippen molar-refractivity contribution >= 4 is 0 Å². The smallest absolute Gasteiger partial charge is 0.0580 e. The van der Waals surface area contributed by atoms with E-state index in [2.05, 4.69) is 26.1 Å². The maximum absolute atomic E-state index is 5.71. The fourth-order valence-electron chi connectivity index (χ4n) is 4.06. The van der Waals surface area contributed by atoms with E-state index in [1.807, 2.05) is 0 Å². The van der Waals surface area contributed by atoms with Crippen LogP contribution in [0.15, 0.2) is 0 Å². The SMILES string of the molecule is CCCNC(CC1CC(OCC)C1)C1CCC(C)CC1. The summed E-state index contributed by atoms with van der Waals surface area (Å²) in [6.45, 7) is 8.89. The third-order valence-corrected chi connectivity index (χ3v) is 5.47. The average molecular weight is 281 g/mol. The minimum atomic E-state index is 0.572. The van der Waals surface area contributed by atoms with Crippen LogP contribution in [0.5, 0.6) is 0 Å². The maximum Gasteiger partial charge on any atom is 0.0580 e. The summed E-state index contributed by atoms with van der Waals surface area (Å²) in [5.74, 6) is 2.81. The first-order chi connectivity index (χ1) is 9.72. The predicted octanol–water partition coefficient (Wildman–Crippen LogP) is 4.39. The van der Waals surface area contributed by atoms with Crippen LogP contribution in [0.25, 0.3) is 0 Å². The molecule has 0 radical (unpaired) electrons. The van der Waals surface area contributed by atoms with Crippen molar-refractivity contribution in [3.8, 4) is 0 Å². The zero-order valence-corrected chi connectivity index (χ0v) is 13.9. The van der Waals surface area contributed by atoms with Crippen LogP contribution < -0.4 is 5.32 Å². The molecule has 0 aliphatic heterocycles. The minimum absolute atomic E-state index is 0.572. The number of hydrogen-bond acceptors (Lipinski definition) is 2. The van der Waals surface area contributed by atoms with Gasteiger partial charge in [-0.25, -0.2) is 0 Å². The summed E-state index contributed by atoms with van der Waals surface area (Å²) in [6, 6.07) is 0.773. The van der Waals surface area contributed by atoms with Crippen LogP contribution in [0.4, 0.5) is 0 Å². The van der Waals surface area contributed by atoms with Crippen molar-refractivity contribution in [2.24, 2.45) is 17.8 Å². The van der Waals surface area contributed by atoms with Crippen LogP contribution in [-0.2, 0) is 4.74 Å². The van der Waals surface area contributed by atoms with Gasteiger partial charge in [-0.3, -0.25) is 0 Å². The normalized spacial score (nSPS) is 35.5. The fourth-order valence-corrected chi connectivity index (χ4v) is 4.06. The molecule has 1 atom stereocenters. The van der Waals surface area contributed by atoms with E-state index < -0.39 is 0 Å². The molecule has 0 amide bonds. The quantitative estimate of drug-likeness (QED) is 0.712. The van der Waals surface area contributed by atoms with E-state index in [0.29, 0.717) is 6.10 Å². The van der Waals surface area contributed by atoms with Crippen LogP contribution in [-0.4, -0.2) is 25.3 Å². The molecule has 2 aliphatic carbocycles. The second-order valence-corrected chi connectivity index (χ2v) is 7.23. The largest absolute Gasteiger partial charge is 0.378 e. The Labute approximate surface area is 126 Å². The summed E-state index contributed by atoms with van der Waals surface area (Å²) >= 11 is 0. The molecular formula is C18H35NO. The monoisotopic (exact) mass is 281 g/mol. The summed E-state index contributed by atoms with van der Waals surface area (Å²) in [5.41, 5.74) is 0. The molecule has 1 unspecified atom stereocenters. The van der Waals surface area contributed by atoms with Gasteiger partial charge in [-0.2, -0.15) is 0 Å².